The molecule has 0 spiro atoms. The lowest BCUT2D eigenvalue weighted by molar-refractivity contribution is -0.127. The van der Waals surface area contributed by atoms with Gasteiger partial charge in [0.25, 0.3) is 0 Å². The van der Waals surface area contributed by atoms with E-state index in [1.165, 1.54) is 5.56 Å². The van der Waals surface area contributed by atoms with E-state index in [0.717, 1.165) is 17.3 Å². The van der Waals surface area contributed by atoms with Crippen LogP contribution >= 0.6 is 0 Å². The van der Waals surface area contributed by atoms with E-state index in [-0.39, 0.29) is 11.8 Å². The van der Waals surface area contributed by atoms with Crippen LogP contribution in [0.15, 0.2) is 41.6 Å². The van der Waals surface area contributed by atoms with Crippen molar-refractivity contribution in [2.24, 2.45) is 11.0 Å². The second-order valence-corrected chi connectivity index (χ2v) is 5.60. The third kappa shape index (κ3) is 3.18. The second kappa shape index (κ2) is 6.45. The Hall–Kier alpha value is -2.59. The van der Waals surface area contributed by atoms with Gasteiger partial charge in [-0.1, -0.05) is 17.2 Å². The number of pyridine rings is 1. The number of benzene rings is 1. The van der Waals surface area contributed by atoms with Crippen LogP contribution < -0.4 is 0 Å². The van der Waals surface area contributed by atoms with E-state index >= 15 is 0 Å². The molecule has 0 N–H and O–H groups in total. The molecule has 1 atom stereocenters. The fourth-order valence-electron chi connectivity index (χ4n) is 2.89. The Bertz CT molecular complexity index is 738. The van der Waals surface area contributed by atoms with Gasteiger partial charge in [0.05, 0.1) is 5.52 Å². The second-order valence-electron chi connectivity index (χ2n) is 5.60. The minimum Gasteiger partial charge on any atom is -0.342 e. The summed E-state index contributed by atoms with van der Waals surface area (Å²) < 4.78 is 0. The van der Waals surface area contributed by atoms with Gasteiger partial charge in [0.15, 0.2) is 0 Å². The van der Waals surface area contributed by atoms with Crippen LogP contribution in [0.2, 0.25) is 0 Å². The number of aromatic nitrogens is 1. The molecule has 0 radical (unpaired) electrons. The summed E-state index contributed by atoms with van der Waals surface area (Å²) in [7, 11) is 0. The molecule has 1 aliphatic heterocycles. The maximum atomic E-state index is 12.0. The molecule has 1 saturated heterocycles. The number of amides is 1. The lowest BCUT2D eigenvalue weighted by Crippen LogP contribution is -2.27. The molecule has 1 aliphatic rings. The SMILES string of the molecule is [N-]=[N+]=NCC1CC(=O)N(CCc2ccc3ncccc3c2)C1. The van der Waals surface area contributed by atoms with Crippen molar-refractivity contribution in [1.29, 1.82) is 0 Å². The fraction of sp³-hybridized carbons (Fsp3) is 0.375. The molecule has 22 heavy (non-hydrogen) atoms. The Balaban J connectivity index is 1.61. The van der Waals surface area contributed by atoms with Gasteiger partial charge in [-0.3, -0.25) is 9.78 Å². The number of rotatable bonds is 5. The van der Waals surface area contributed by atoms with Gasteiger partial charge in [-0.25, -0.2) is 0 Å². The van der Waals surface area contributed by atoms with Gasteiger partial charge < -0.3 is 4.90 Å². The normalized spacial score (nSPS) is 17.7. The lowest BCUT2D eigenvalue weighted by atomic mass is 10.1. The molecule has 1 unspecified atom stereocenters. The van der Waals surface area contributed by atoms with E-state index in [1.54, 1.807) is 6.20 Å². The van der Waals surface area contributed by atoms with E-state index in [1.807, 2.05) is 23.1 Å². The van der Waals surface area contributed by atoms with Gasteiger partial charge in [0.1, 0.15) is 0 Å². The Morgan fingerprint density at radius 3 is 3.18 bits per heavy atom. The van der Waals surface area contributed by atoms with Crippen LogP contribution in [-0.4, -0.2) is 35.4 Å². The van der Waals surface area contributed by atoms with E-state index in [2.05, 4.69) is 27.1 Å². The molecule has 0 aliphatic carbocycles. The zero-order chi connectivity index (χ0) is 15.4. The quantitative estimate of drug-likeness (QED) is 0.482. The predicted octanol–water partition coefficient (Wildman–Crippen LogP) is 2.94. The van der Waals surface area contributed by atoms with Crippen molar-refractivity contribution in [2.75, 3.05) is 19.6 Å². The number of hydrogen-bond acceptors (Lipinski definition) is 3. The van der Waals surface area contributed by atoms with Gasteiger partial charge in [-0.2, -0.15) is 0 Å². The summed E-state index contributed by atoms with van der Waals surface area (Å²) in [6, 6.07) is 10.2. The van der Waals surface area contributed by atoms with Crippen LogP contribution in [0.4, 0.5) is 0 Å². The van der Waals surface area contributed by atoms with Gasteiger partial charge in [0, 0.05) is 42.5 Å². The first-order chi connectivity index (χ1) is 10.8. The van der Waals surface area contributed by atoms with E-state index in [9.17, 15) is 4.79 Å². The Kier molecular flexibility index (Phi) is 4.21. The first-order valence-corrected chi connectivity index (χ1v) is 7.38. The molecular formula is C16H17N5O. The molecule has 2 heterocycles. The standard InChI is InChI=1S/C16H17N5O/c17-20-19-10-13-9-16(22)21(11-13)7-5-12-3-4-15-14(8-12)2-1-6-18-15/h1-4,6,8,13H,5,7,9-11H2. The summed E-state index contributed by atoms with van der Waals surface area (Å²) in [5.74, 6) is 0.310. The van der Waals surface area contributed by atoms with Crippen LogP contribution in [0.25, 0.3) is 21.3 Å². The van der Waals surface area contributed by atoms with Crippen LogP contribution in [0, 0.1) is 5.92 Å². The topological polar surface area (TPSA) is 82.0 Å². The summed E-state index contributed by atoms with van der Waals surface area (Å²) in [5, 5.41) is 4.69. The lowest BCUT2D eigenvalue weighted by Gasteiger charge is -2.16. The largest absolute Gasteiger partial charge is 0.342 e. The molecule has 3 rings (SSSR count). The van der Waals surface area contributed by atoms with E-state index in [4.69, 9.17) is 5.53 Å². The highest BCUT2D eigenvalue weighted by molar-refractivity contribution is 5.79. The van der Waals surface area contributed by atoms with Crippen molar-refractivity contribution in [3.05, 3.63) is 52.5 Å². The molecule has 1 amide bonds. The van der Waals surface area contributed by atoms with Crippen molar-refractivity contribution >= 4 is 16.8 Å². The Morgan fingerprint density at radius 1 is 1.41 bits per heavy atom. The third-order valence-corrected chi connectivity index (χ3v) is 4.04. The number of likely N-dealkylation sites (tertiary alicyclic amines) is 1. The molecule has 1 fully saturated rings. The highest BCUT2D eigenvalue weighted by atomic mass is 16.2. The first-order valence-electron chi connectivity index (χ1n) is 7.38. The van der Waals surface area contributed by atoms with Crippen LogP contribution in [0.5, 0.6) is 0 Å². The predicted molar refractivity (Wildman–Crippen MR) is 84.1 cm³/mol. The van der Waals surface area contributed by atoms with Crippen LogP contribution in [0.3, 0.4) is 0 Å². The smallest absolute Gasteiger partial charge is 0.222 e. The van der Waals surface area contributed by atoms with E-state index < -0.39 is 0 Å². The summed E-state index contributed by atoms with van der Waals surface area (Å²) in [6.07, 6.45) is 3.10. The molecule has 6 heteroatoms. The molecule has 0 saturated carbocycles. The maximum Gasteiger partial charge on any atom is 0.222 e. The number of carbonyl (C=O) groups is 1. The summed E-state index contributed by atoms with van der Waals surface area (Å²) >= 11 is 0. The summed E-state index contributed by atoms with van der Waals surface area (Å²) in [6.45, 7) is 1.80. The molecule has 1 aromatic carbocycles. The maximum absolute atomic E-state index is 12.0. The molecule has 2 aromatic rings. The number of carbonyl (C=O) groups excluding carboxylic acids is 1. The highest BCUT2D eigenvalue weighted by Crippen LogP contribution is 2.19. The van der Waals surface area contributed by atoms with Crippen molar-refractivity contribution < 1.29 is 4.79 Å². The fourth-order valence-corrected chi connectivity index (χ4v) is 2.89. The zero-order valence-electron chi connectivity index (χ0n) is 12.2. The molecule has 112 valence electrons. The van der Waals surface area contributed by atoms with Crippen molar-refractivity contribution in [2.45, 2.75) is 12.8 Å². The van der Waals surface area contributed by atoms with Gasteiger partial charge in [-0.05, 0) is 41.6 Å². The molecule has 0 bridgehead atoms. The van der Waals surface area contributed by atoms with Gasteiger partial charge in [-0.15, -0.1) is 0 Å². The number of hydrogen-bond donors (Lipinski definition) is 0. The Labute approximate surface area is 128 Å². The number of azide groups is 1. The van der Waals surface area contributed by atoms with Crippen molar-refractivity contribution in [1.82, 2.24) is 9.88 Å². The average Bonchev–Trinajstić information content (AvgIpc) is 2.90. The average molecular weight is 295 g/mol. The molecular weight excluding hydrogens is 278 g/mol. The minimum atomic E-state index is 0.153. The van der Waals surface area contributed by atoms with Gasteiger partial charge >= 0.3 is 0 Å². The zero-order valence-corrected chi connectivity index (χ0v) is 12.2. The molecule has 6 nitrogen and oxygen atoms in total. The van der Waals surface area contributed by atoms with E-state index in [0.29, 0.717) is 26.1 Å². The number of nitrogens with zero attached hydrogens (tertiary/aromatic N) is 5. The van der Waals surface area contributed by atoms with Crippen LogP contribution in [-0.2, 0) is 11.2 Å². The number of fused-ring (bicyclic) bond motifs is 1. The summed E-state index contributed by atoms with van der Waals surface area (Å²) in [5.41, 5.74) is 10.5. The van der Waals surface area contributed by atoms with Crippen molar-refractivity contribution in [3.8, 4) is 0 Å². The van der Waals surface area contributed by atoms with Crippen molar-refractivity contribution in [3.63, 3.8) is 0 Å². The molecule has 1 aromatic heterocycles. The van der Waals surface area contributed by atoms with Crippen LogP contribution in [0.1, 0.15) is 12.0 Å². The monoisotopic (exact) mass is 295 g/mol. The third-order valence-electron chi connectivity index (χ3n) is 4.04. The van der Waals surface area contributed by atoms with Gasteiger partial charge in [0.2, 0.25) is 5.91 Å². The highest BCUT2D eigenvalue weighted by Gasteiger charge is 2.28. The minimum absolute atomic E-state index is 0.153. The first kappa shape index (κ1) is 14.4. The summed E-state index contributed by atoms with van der Waals surface area (Å²) in [4.78, 5) is 20.9. The Morgan fingerprint density at radius 2 is 2.32 bits per heavy atom.